The second-order valence-corrected chi connectivity index (χ2v) is 7.77. The fourth-order valence-corrected chi connectivity index (χ4v) is 4.01. The van der Waals surface area contributed by atoms with Gasteiger partial charge in [0.25, 0.3) is 5.91 Å². The first-order valence-electron chi connectivity index (χ1n) is 10.6. The predicted molar refractivity (Wildman–Crippen MR) is 108 cm³/mol. The Balaban J connectivity index is 1.42. The van der Waals surface area contributed by atoms with Crippen LogP contribution in [0.25, 0.3) is 0 Å². The monoisotopic (exact) mass is 402 g/mol. The lowest BCUT2D eigenvalue weighted by Gasteiger charge is -2.32. The number of hydrogen-bond acceptors (Lipinski definition) is 5. The Kier molecular flexibility index (Phi) is 7.49. The quantitative estimate of drug-likeness (QED) is 0.582. The average Bonchev–Trinajstić information content (AvgIpc) is 3.28. The van der Waals surface area contributed by atoms with Crippen LogP contribution in [0.5, 0.6) is 5.75 Å². The van der Waals surface area contributed by atoms with E-state index in [2.05, 4.69) is 5.32 Å². The Hall–Kier alpha value is -2.57. The minimum absolute atomic E-state index is 0.0267. The number of amides is 2. The summed E-state index contributed by atoms with van der Waals surface area (Å²) in [6.45, 7) is 4.02. The van der Waals surface area contributed by atoms with Gasteiger partial charge in [0.1, 0.15) is 5.75 Å². The highest BCUT2D eigenvalue weighted by Crippen LogP contribution is 2.25. The number of ether oxygens (including phenoxy) is 2. The highest BCUT2D eigenvalue weighted by atomic mass is 16.7. The molecule has 3 rings (SSSR count). The third-order valence-corrected chi connectivity index (χ3v) is 5.76. The number of nitrogens with one attached hydrogen (secondary N) is 1. The molecule has 29 heavy (non-hydrogen) atoms. The zero-order valence-electron chi connectivity index (χ0n) is 17.0. The molecule has 1 aromatic carbocycles. The number of likely N-dealkylation sites (tertiary alicyclic amines) is 1. The second kappa shape index (κ2) is 10.3. The van der Waals surface area contributed by atoms with Crippen LogP contribution < -0.4 is 10.1 Å². The lowest BCUT2D eigenvalue weighted by atomic mass is 9.95. The molecule has 1 heterocycles. The molecule has 0 aromatic heterocycles. The molecule has 0 spiro atoms. The molecule has 7 heteroatoms. The average molecular weight is 402 g/mol. The van der Waals surface area contributed by atoms with Crippen LogP contribution >= 0.6 is 0 Å². The van der Waals surface area contributed by atoms with Crippen molar-refractivity contribution in [2.75, 3.05) is 26.2 Å². The molecule has 0 radical (unpaired) electrons. The van der Waals surface area contributed by atoms with Gasteiger partial charge in [-0.05, 0) is 62.8 Å². The van der Waals surface area contributed by atoms with Crippen molar-refractivity contribution in [1.29, 1.82) is 0 Å². The van der Waals surface area contributed by atoms with Gasteiger partial charge >= 0.3 is 6.16 Å². The van der Waals surface area contributed by atoms with E-state index in [1.165, 1.54) is 0 Å². The van der Waals surface area contributed by atoms with Crippen molar-refractivity contribution in [2.45, 2.75) is 45.4 Å². The Bertz CT molecular complexity index is 704. The summed E-state index contributed by atoms with van der Waals surface area (Å²) in [4.78, 5) is 38.0. The highest BCUT2D eigenvalue weighted by molar-refractivity contribution is 5.94. The van der Waals surface area contributed by atoms with Crippen LogP contribution in [0.3, 0.4) is 0 Å². The van der Waals surface area contributed by atoms with Crippen molar-refractivity contribution in [3.8, 4) is 5.75 Å². The third kappa shape index (κ3) is 5.95. The summed E-state index contributed by atoms with van der Waals surface area (Å²) >= 11 is 0. The Morgan fingerprint density at radius 3 is 2.31 bits per heavy atom. The lowest BCUT2D eigenvalue weighted by molar-refractivity contribution is -0.125. The van der Waals surface area contributed by atoms with Gasteiger partial charge in [0, 0.05) is 31.1 Å². The zero-order valence-corrected chi connectivity index (χ0v) is 17.0. The number of piperidine rings is 1. The van der Waals surface area contributed by atoms with Gasteiger partial charge in [0.2, 0.25) is 5.91 Å². The molecule has 2 fully saturated rings. The lowest BCUT2D eigenvalue weighted by Crippen LogP contribution is -2.42. The molecule has 0 unspecified atom stereocenters. The van der Waals surface area contributed by atoms with Crippen molar-refractivity contribution >= 4 is 18.0 Å². The van der Waals surface area contributed by atoms with Crippen LogP contribution in [0.2, 0.25) is 0 Å². The van der Waals surface area contributed by atoms with E-state index in [4.69, 9.17) is 9.47 Å². The summed E-state index contributed by atoms with van der Waals surface area (Å²) in [5.74, 6) is 1.14. The van der Waals surface area contributed by atoms with Gasteiger partial charge in [-0.15, -0.1) is 0 Å². The molecule has 2 amide bonds. The van der Waals surface area contributed by atoms with Gasteiger partial charge in [-0.1, -0.05) is 12.8 Å². The van der Waals surface area contributed by atoms with E-state index in [1.54, 1.807) is 31.2 Å². The fourth-order valence-electron chi connectivity index (χ4n) is 4.01. The molecule has 2 aliphatic rings. The first kappa shape index (κ1) is 21.1. The standard InChI is InChI=1S/C22H30N2O5/c1-2-28-22(27)29-19-9-7-18(8-10-19)21(26)24-13-11-16(12-14-24)15-23-20(25)17-5-3-4-6-17/h7-10,16-17H,2-6,11-15H2,1H3,(H,23,25). The molecule has 7 nitrogen and oxygen atoms in total. The van der Waals surface area contributed by atoms with E-state index in [0.717, 1.165) is 38.5 Å². The van der Waals surface area contributed by atoms with Gasteiger partial charge in [-0.3, -0.25) is 9.59 Å². The van der Waals surface area contributed by atoms with Gasteiger partial charge in [0.05, 0.1) is 6.61 Å². The molecular formula is C22H30N2O5. The predicted octanol–water partition coefficient (Wildman–Crippen LogP) is 3.38. The molecule has 1 N–H and O–H groups in total. The van der Waals surface area contributed by atoms with Gasteiger partial charge < -0.3 is 19.7 Å². The Labute approximate surface area is 171 Å². The van der Waals surface area contributed by atoms with Crippen LogP contribution in [0, 0.1) is 11.8 Å². The normalized spacial score (nSPS) is 17.8. The van der Waals surface area contributed by atoms with Crippen LogP contribution in [0.15, 0.2) is 24.3 Å². The van der Waals surface area contributed by atoms with Gasteiger partial charge in [0.15, 0.2) is 0 Å². The van der Waals surface area contributed by atoms with E-state index in [1.807, 2.05) is 4.90 Å². The van der Waals surface area contributed by atoms with E-state index in [-0.39, 0.29) is 24.3 Å². The van der Waals surface area contributed by atoms with E-state index in [9.17, 15) is 14.4 Å². The van der Waals surface area contributed by atoms with Gasteiger partial charge in [-0.2, -0.15) is 0 Å². The molecule has 1 saturated carbocycles. The van der Waals surface area contributed by atoms with Crippen LogP contribution in [0.1, 0.15) is 55.8 Å². The molecule has 1 saturated heterocycles. The Morgan fingerprint density at radius 1 is 1.03 bits per heavy atom. The second-order valence-electron chi connectivity index (χ2n) is 7.77. The minimum Gasteiger partial charge on any atom is -0.434 e. The molecule has 1 aromatic rings. The summed E-state index contributed by atoms with van der Waals surface area (Å²) < 4.78 is 9.74. The van der Waals surface area contributed by atoms with Crippen LogP contribution in [-0.2, 0) is 9.53 Å². The highest BCUT2D eigenvalue weighted by Gasteiger charge is 2.26. The summed E-state index contributed by atoms with van der Waals surface area (Å²) in [5.41, 5.74) is 0.564. The van der Waals surface area contributed by atoms with E-state index in [0.29, 0.717) is 36.9 Å². The SMILES string of the molecule is CCOC(=O)Oc1ccc(C(=O)N2CCC(CNC(=O)C3CCCC3)CC2)cc1. The molecule has 1 aliphatic heterocycles. The fraction of sp³-hybridized carbons (Fsp3) is 0.591. The maximum atomic E-state index is 12.7. The van der Waals surface area contributed by atoms with Gasteiger partial charge in [-0.25, -0.2) is 4.79 Å². The van der Waals surface area contributed by atoms with Crippen molar-refractivity contribution in [1.82, 2.24) is 10.2 Å². The molecule has 0 atom stereocenters. The topological polar surface area (TPSA) is 84.9 Å². The number of hydrogen-bond donors (Lipinski definition) is 1. The molecule has 0 bridgehead atoms. The number of carbonyl (C=O) groups excluding carboxylic acids is 3. The third-order valence-electron chi connectivity index (χ3n) is 5.76. The molecule has 1 aliphatic carbocycles. The number of rotatable bonds is 6. The summed E-state index contributed by atoms with van der Waals surface area (Å²) in [6.07, 6.45) is 5.38. The van der Waals surface area contributed by atoms with Crippen LogP contribution in [0.4, 0.5) is 4.79 Å². The molecule has 158 valence electrons. The maximum absolute atomic E-state index is 12.7. The number of benzene rings is 1. The smallest absolute Gasteiger partial charge is 0.434 e. The van der Waals surface area contributed by atoms with Crippen LogP contribution in [-0.4, -0.2) is 49.1 Å². The first-order valence-corrected chi connectivity index (χ1v) is 10.6. The Morgan fingerprint density at radius 2 is 1.69 bits per heavy atom. The van der Waals surface area contributed by atoms with E-state index >= 15 is 0 Å². The summed E-state index contributed by atoms with van der Waals surface area (Å²) in [5, 5.41) is 3.11. The minimum atomic E-state index is -0.756. The first-order chi connectivity index (χ1) is 14.1. The largest absolute Gasteiger partial charge is 0.513 e. The van der Waals surface area contributed by atoms with E-state index < -0.39 is 6.16 Å². The zero-order chi connectivity index (χ0) is 20.6. The van der Waals surface area contributed by atoms with Crippen molar-refractivity contribution in [2.24, 2.45) is 11.8 Å². The number of carbonyl (C=O) groups is 3. The molecular weight excluding hydrogens is 372 g/mol. The number of nitrogens with zero attached hydrogens (tertiary/aromatic N) is 1. The maximum Gasteiger partial charge on any atom is 0.513 e. The van der Waals surface area contributed by atoms with Crippen molar-refractivity contribution in [3.05, 3.63) is 29.8 Å². The summed E-state index contributed by atoms with van der Waals surface area (Å²) in [7, 11) is 0. The van der Waals surface area contributed by atoms with Crippen molar-refractivity contribution in [3.63, 3.8) is 0 Å². The van der Waals surface area contributed by atoms with Crippen molar-refractivity contribution < 1.29 is 23.9 Å². The summed E-state index contributed by atoms with van der Waals surface area (Å²) in [6, 6.07) is 6.50.